The van der Waals surface area contributed by atoms with Gasteiger partial charge in [0.15, 0.2) is 0 Å². The van der Waals surface area contributed by atoms with Gasteiger partial charge in [0, 0.05) is 22.4 Å². The molecule has 4 nitrogen and oxygen atoms in total. The lowest BCUT2D eigenvalue weighted by molar-refractivity contribution is 0.0945. The molecule has 4 rings (SSSR count). The van der Waals surface area contributed by atoms with Gasteiger partial charge < -0.3 is 10.3 Å². The van der Waals surface area contributed by atoms with Gasteiger partial charge >= 0.3 is 0 Å². The largest absolute Gasteiger partial charge is 0.347 e. The van der Waals surface area contributed by atoms with Crippen LogP contribution in [0.5, 0.6) is 0 Å². The minimum Gasteiger partial charge on any atom is -0.347 e. The number of halogens is 1. The van der Waals surface area contributed by atoms with Crippen molar-refractivity contribution < 1.29 is 4.79 Å². The molecule has 0 saturated heterocycles. The zero-order chi connectivity index (χ0) is 16.7. The van der Waals surface area contributed by atoms with Crippen LogP contribution in [-0.2, 0) is 0 Å². The molecule has 2 aromatic carbocycles. The topological polar surface area (TPSA) is 62.0 Å². The Hall–Kier alpha value is -2.59. The highest BCUT2D eigenvalue weighted by molar-refractivity contribution is 6.30. The van der Waals surface area contributed by atoms with Gasteiger partial charge in [-0.2, -0.15) is 0 Å². The number of carbonyl (C=O) groups excluding carboxylic acids is 1. The van der Waals surface area contributed by atoms with E-state index in [9.17, 15) is 9.59 Å². The van der Waals surface area contributed by atoms with E-state index in [0.29, 0.717) is 10.4 Å². The van der Waals surface area contributed by atoms with E-state index in [1.807, 2.05) is 36.4 Å². The number of hydrogen-bond donors (Lipinski definition) is 2. The van der Waals surface area contributed by atoms with E-state index in [2.05, 4.69) is 10.3 Å². The molecule has 1 amide bonds. The number of amides is 1. The standard InChI is InChI=1S/C19H15ClN2O2/c20-13-6-3-5-11(8-13)15-10-16(15)21-19(24)17-9-12-4-1-2-7-14(12)18(23)22-17/h1-9,15-16H,10H2,(H,21,24)(H,22,23)/t15-,16+/m0/s1. The molecule has 24 heavy (non-hydrogen) atoms. The second-order valence-corrected chi connectivity index (χ2v) is 6.51. The molecule has 1 heterocycles. The first-order valence-corrected chi connectivity index (χ1v) is 8.18. The molecule has 1 aromatic heterocycles. The third kappa shape index (κ3) is 2.81. The van der Waals surface area contributed by atoms with Crippen molar-refractivity contribution in [3.05, 3.63) is 81.2 Å². The Bertz CT molecular complexity index is 996. The summed E-state index contributed by atoms with van der Waals surface area (Å²) in [6, 6.07) is 16.7. The average Bonchev–Trinajstić information content (AvgIpc) is 3.34. The van der Waals surface area contributed by atoms with Crippen LogP contribution in [0.1, 0.15) is 28.4 Å². The zero-order valence-corrected chi connectivity index (χ0v) is 13.5. The summed E-state index contributed by atoms with van der Waals surface area (Å²) in [6.45, 7) is 0. The minimum atomic E-state index is -0.257. The summed E-state index contributed by atoms with van der Waals surface area (Å²) in [7, 11) is 0. The van der Waals surface area contributed by atoms with Gasteiger partial charge in [-0.05, 0) is 41.6 Å². The molecule has 1 fully saturated rings. The molecule has 0 aliphatic heterocycles. The summed E-state index contributed by atoms with van der Waals surface area (Å²) < 4.78 is 0. The van der Waals surface area contributed by atoms with E-state index >= 15 is 0 Å². The zero-order valence-electron chi connectivity index (χ0n) is 12.8. The quantitative estimate of drug-likeness (QED) is 0.768. The number of pyridine rings is 1. The van der Waals surface area contributed by atoms with Crippen LogP contribution in [0.2, 0.25) is 5.02 Å². The highest BCUT2D eigenvalue weighted by Crippen LogP contribution is 2.41. The maximum absolute atomic E-state index is 12.4. The second-order valence-electron chi connectivity index (χ2n) is 6.08. The van der Waals surface area contributed by atoms with Crippen LogP contribution in [0.15, 0.2) is 59.4 Å². The Morgan fingerprint density at radius 3 is 2.79 bits per heavy atom. The molecule has 0 unspecified atom stereocenters. The van der Waals surface area contributed by atoms with E-state index in [4.69, 9.17) is 11.6 Å². The van der Waals surface area contributed by atoms with Crippen molar-refractivity contribution in [2.24, 2.45) is 0 Å². The fourth-order valence-electron chi connectivity index (χ4n) is 3.04. The SMILES string of the molecule is O=C(N[C@@H]1C[C@H]1c1cccc(Cl)c1)c1cc2ccccc2c(=O)[nH]1. The van der Waals surface area contributed by atoms with E-state index in [-0.39, 0.29) is 29.1 Å². The summed E-state index contributed by atoms with van der Waals surface area (Å²) in [5, 5.41) is 5.01. The maximum atomic E-state index is 12.4. The third-order valence-electron chi connectivity index (χ3n) is 4.38. The van der Waals surface area contributed by atoms with Crippen molar-refractivity contribution in [3.8, 4) is 0 Å². The van der Waals surface area contributed by atoms with Crippen LogP contribution in [0.25, 0.3) is 10.8 Å². The Morgan fingerprint density at radius 2 is 1.96 bits per heavy atom. The molecule has 2 atom stereocenters. The van der Waals surface area contributed by atoms with Crippen molar-refractivity contribution in [3.63, 3.8) is 0 Å². The first-order chi connectivity index (χ1) is 11.6. The summed E-state index contributed by atoms with van der Waals surface area (Å²) in [6.07, 6.45) is 0.879. The molecule has 1 saturated carbocycles. The number of aromatic amines is 1. The van der Waals surface area contributed by atoms with Crippen LogP contribution in [-0.4, -0.2) is 16.9 Å². The van der Waals surface area contributed by atoms with Gasteiger partial charge in [0.1, 0.15) is 5.69 Å². The molecule has 1 aliphatic carbocycles. The third-order valence-corrected chi connectivity index (χ3v) is 4.62. The molecule has 0 spiro atoms. The molecule has 0 bridgehead atoms. The number of rotatable bonds is 3. The van der Waals surface area contributed by atoms with Gasteiger partial charge in [-0.1, -0.05) is 41.9 Å². The molecule has 5 heteroatoms. The number of H-pyrrole nitrogens is 1. The number of benzene rings is 2. The lowest BCUT2D eigenvalue weighted by Crippen LogP contribution is -2.29. The molecule has 2 N–H and O–H groups in total. The molecule has 1 aliphatic rings. The summed E-state index contributed by atoms with van der Waals surface area (Å²) in [5.41, 5.74) is 1.16. The molecule has 120 valence electrons. The van der Waals surface area contributed by atoms with Gasteiger partial charge in [-0.15, -0.1) is 0 Å². The van der Waals surface area contributed by atoms with Gasteiger partial charge in [0.25, 0.3) is 11.5 Å². The van der Waals surface area contributed by atoms with Crippen molar-refractivity contribution in [2.75, 3.05) is 0 Å². The van der Waals surface area contributed by atoms with Gasteiger partial charge in [0.05, 0.1) is 0 Å². The van der Waals surface area contributed by atoms with E-state index < -0.39 is 0 Å². The van der Waals surface area contributed by atoms with Crippen LogP contribution in [0.3, 0.4) is 0 Å². The smallest absolute Gasteiger partial charge is 0.268 e. The summed E-state index contributed by atoms with van der Waals surface area (Å²) in [4.78, 5) is 27.2. The number of nitrogens with one attached hydrogen (secondary N) is 2. The first kappa shape index (κ1) is 15.0. The van der Waals surface area contributed by atoms with E-state index in [1.54, 1.807) is 18.2 Å². The van der Waals surface area contributed by atoms with Crippen molar-refractivity contribution >= 4 is 28.3 Å². The molecular weight excluding hydrogens is 324 g/mol. The summed E-state index contributed by atoms with van der Waals surface area (Å²) >= 11 is 6.01. The van der Waals surface area contributed by atoms with Crippen molar-refractivity contribution in [1.29, 1.82) is 0 Å². The Kier molecular flexibility index (Phi) is 3.62. The van der Waals surface area contributed by atoms with Gasteiger partial charge in [-0.3, -0.25) is 9.59 Å². The van der Waals surface area contributed by atoms with E-state index in [1.165, 1.54) is 0 Å². The summed E-state index contributed by atoms with van der Waals surface area (Å²) in [5.74, 6) is 0.0206. The lowest BCUT2D eigenvalue weighted by Gasteiger charge is -2.06. The number of hydrogen-bond acceptors (Lipinski definition) is 2. The number of carbonyl (C=O) groups is 1. The predicted molar refractivity (Wildman–Crippen MR) is 94.6 cm³/mol. The van der Waals surface area contributed by atoms with Crippen LogP contribution in [0.4, 0.5) is 0 Å². The average molecular weight is 339 g/mol. The Labute approximate surface area is 143 Å². The predicted octanol–water partition coefficient (Wildman–Crippen LogP) is 3.47. The normalized spacial score (nSPS) is 19.2. The fourth-order valence-corrected chi connectivity index (χ4v) is 3.24. The second kappa shape index (κ2) is 5.80. The van der Waals surface area contributed by atoms with Crippen LogP contribution in [0, 0.1) is 0 Å². The highest BCUT2D eigenvalue weighted by atomic mass is 35.5. The molecule has 3 aromatic rings. The van der Waals surface area contributed by atoms with Crippen LogP contribution >= 0.6 is 11.6 Å². The van der Waals surface area contributed by atoms with Gasteiger partial charge in [-0.25, -0.2) is 0 Å². The number of fused-ring (bicyclic) bond motifs is 1. The maximum Gasteiger partial charge on any atom is 0.268 e. The highest BCUT2D eigenvalue weighted by Gasteiger charge is 2.39. The minimum absolute atomic E-state index is 0.0749. The molecular formula is C19H15ClN2O2. The van der Waals surface area contributed by atoms with Crippen molar-refractivity contribution in [2.45, 2.75) is 18.4 Å². The fraction of sp³-hybridized carbons (Fsp3) is 0.158. The lowest BCUT2D eigenvalue weighted by atomic mass is 10.1. The van der Waals surface area contributed by atoms with E-state index in [0.717, 1.165) is 17.4 Å². The Morgan fingerprint density at radius 1 is 1.12 bits per heavy atom. The first-order valence-electron chi connectivity index (χ1n) is 7.80. The molecule has 0 radical (unpaired) electrons. The van der Waals surface area contributed by atoms with Gasteiger partial charge in [0.2, 0.25) is 0 Å². The Balaban J connectivity index is 1.52. The van der Waals surface area contributed by atoms with Crippen LogP contribution < -0.4 is 10.9 Å². The van der Waals surface area contributed by atoms with Crippen molar-refractivity contribution in [1.82, 2.24) is 10.3 Å². The monoisotopic (exact) mass is 338 g/mol. The number of aromatic nitrogens is 1.